The SMILES string of the molecule is COC(=O)c1nn(-c2ccc(-n3cc(F)c(F)c3)cc2OCc2ccccc2)cc(OC)c1=O. The van der Waals surface area contributed by atoms with E-state index in [9.17, 15) is 18.4 Å². The number of methoxy groups -OCH3 is 2. The molecular formula is C24H19F2N3O5. The Morgan fingerprint density at radius 3 is 2.32 bits per heavy atom. The summed E-state index contributed by atoms with van der Waals surface area (Å²) in [4.78, 5) is 24.5. The van der Waals surface area contributed by atoms with Gasteiger partial charge in [0.15, 0.2) is 17.4 Å². The van der Waals surface area contributed by atoms with Crippen LogP contribution in [0.2, 0.25) is 0 Å². The van der Waals surface area contributed by atoms with Crippen molar-refractivity contribution in [3.8, 4) is 22.9 Å². The van der Waals surface area contributed by atoms with Crippen LogP contribution in [0.3, 0.4) is 0 Å². The van der Waals surface area contributed by atoms with E-state index < -0.39 is 28.7 Å². The highest BCUT2D eigenvalue weighted by molar-refractivity contribution is 5.87. The maximum Gasteiger partial charge on any atom is 0.362 e. The number of aromatic nitrogens is 3. The highest BCUT2D eigenvalue weighted by Crippen LogP contribution is 2.28. The van der Waals surface area contributed by atoms with E-state index in [1.54, 1.807) is 18.2 Å². The van der Waals surface area contributed by atoms with Gasteiger partial charge in [-0.3, -0.25) is 4.79 Å². The van der Waals surface area contributed by atoms with Crippen molar-refractivity contribution >= 4 is 5.97 Å². The highest BCUT2D eigenvalue weighted by Gasteiger charge is 2.20. The molecule has 0 radical (unpaired) electrons. The van der Waals surface area contributed by atoms with Gasteiger partial charge in [0.1, 0.15) is 18.0 Å². The van der Waals surface area contributed by atoms with Crippen LogP contribution in [-0.2, 0) is 11.3 Å². The van der Waals surface area contributed by atoms with E-state index in [0.29, 0.717) is 11.4 Å². The van der Waals surface area contributed by atoms with Crippen molar-refractivity contribution in [1.82, 2.24) is 14.3 Å². The molecule has 4 rings (SSSR count). The van der Waals surface area contributed by atoms with E-state index in [1.807, 2.05) is 30.3 Å². The lowest BCUT2D eigenvalue weighted by Gasteiger charge is -2.16. The molecule has 0 amide bonds. The Labute approximate surface area is 192 Å². The minimum Gasteiger partial charge on any atom is -0.491 e. The van der Waals surface area contributed by atoms with E-state index in [2.05, 4.69) is 9.84 Å². The minimum absolute atomic E-state index is 0.136. The van der Waals surface area contributed by atoms with E-state index in [0.717, 1.165) is 25.1 Å². The fraction of sp³-hybridized carbons (Fsp3) is 0.125. The summed E-state index contributed by atoms with van der Waals surface area (Å²) in [6.07, 6.45) is 3.30. The first-order valence-electron chi connectivity index (χ1n) is 10.0. The smallest absolute Gasteiger partial charge is 0.362 e. The second kappa shape index (κ2) is 9.57. The fourth-order valence-electron chi connectivity index (χ4n) is 3.22. The number of benzene rings is 2. The third kappa shape index (κ3) is 4.51. The normalized spacial score (nSPS) is 10.7. The summed E-state index contributed by atoms with van der Waals surface area (Å²) in [5.41, 5.74) is 0.423. The van der Waals surface area contributed by atoms with Crippen molar-refractivity contribution in [3.05, 3.63) is 100 Å². The molecule has 2 heterocycles. The molecule has 0 aliphatic heterocycles. The molecule has 0 unspecified atom stereocenters. The highest BCUT2D eigenvalue weighted by atomic mass is 19.2. The molecule has 2 aromatic carbocycles. The van der Waals surface area contributed by atoms with Gasteiger partial charge in [-0.2, -0.15) is 5.10 Å². The van der Waals surface area contributed by atoms with Crippen LogP contribution in [0.15, 0.2) is 71.9 Å². The van der Waals surface area contributed by atoms with Crippen molar-refractivity contribution in [2.24, 2.45) is 0 Å². The number of ether oxygens (including phenoxy) is 3. The molecule has 0 aliphatic rings. The lowest BCUT2D eigenvalue weighted by molar-refractivity contribution is 0.0589. The van der Waals surface area contributed by atoms with Gasteiger partial charge >= 0.3 is 5.97 Å². The van der Waals surface area contributed by atoms with Crippen LogP contribution in [0.4, 0.5) is 8.78 Å². The zero-order chi connectivity index (χ0) is 24.2. The van der Waals surface area contributed by atoms with E-state index >= 15 is 0 Å². The molecule has 10 heteroatoms. The molecule has 0 aliphatic carbocycles. The first-order chi connectivity index (χ1) is 16.4. The molecule has 0 N–H and O–H groups in total. The van der Waals surface area contributed by atoms with Crippen molar-refractivity contribution in [2.75, 3.05) is 14.2 Å². The van der Waals surface area contributed by atoms with Crippen molar-refractivity contribution in [1.29, 1.82) is 0 Å². The summed E-state index contributed by atoms with van der Waals surface area (Å²) in [5.74, 6) is -2.79. The first kappa shape index (κ1) is 22.7. The Balaban J connectivity index is 1.84. The van der Waals surface area contributed by atoms with Crippen molar-refractivity contribution < 1.29 is 27.8 Å². The average Bonchev–Trinajstić information content (AvgIpc) is 3.21. The zero-order valence-electron chi connectivity index (χ0n) is 18.2. The van der Waals surface area contributed by atoms with Gasteiger partial charge in [-0.1, -0.05) is 30.3 Å². The Morgan fingerprint density at radius 2 is 1.68 bits per heavy atom. The number of carbonyl (C=O) groups is 1. The van der Waals surface area contributed by atoms with Gasteiger partial charge in [-0.25, -0.2) is 18.3 Å². The summed E-state index contributed by atoms with van der Waals surface area (Å²) in [6, 6.07) is 14.0. The zero-order valence-corrected chi connectivity index (χ0v) is 18.2. The Kier molecular flexibility index (Phi) is 6.39. The summed E-state index contributed by atoms with van der Waals surface area (Å²) in [7, 11) is 2.42. The van der Waals surface area contributed by atoms with Gasteiger partial charge < -0.3 is 18.8 Å². The van der Waals surface area contributed by atoms with Gasteiger partial charge in [0, 0.05) is 24.1 Å². The van der Waals surface area contributed by atoms with Crippen LogP contribution in [0.5, 0.6) is 11.5 Å². The number of nitrogens with zero attached hydrogens (tertiary/aromatic N) is 3. The molecule has 0 fully saturated rings. The van der Waals surface area contributed by atoms with Crippen LogP contribution in [-0.4, -0.2) is 34.5 Å². The van der Waals surface area contributed by atoms with Crippen LogP contribution in [0.1, 0.15) is 16.1 Å². The Bertz CT molecular complexity index is 1380. The quantitative estimate of drug-likeness (QED) is 0.386. The summed E-state index contributed by atoms with van der Waals surface area (Å²) >= 11 is 0. The fourth-order valence-corrected chi connectivity index (χ4v) is 3.22. The standard InChI is InChI=1S/C24H19F2N3O5/c1-32-21-13-29(27-22(23(21)30)24(31)33-2)19-9-8-16(28-11-17(25)18(26)12-28)10-20(19)34-14-15-6-4-3-5-7-15/h3-13H,14H2,1-2H3. The van der Waals surface area contributed by atoms with Crippen molar-refractivity contribution in [2.45, 2.75) is 6.61 Å². The van der Waals surface area contributed by atoms with Gasteiger partial charge in [-0.05, 0) is 17.7 Å². The van der Waals surface area contributed by atoms with E-state index in [1.165, 1.54) is 22.6 Å². The Hall–Kier alpha value is -4.47. The second-order valence-corrected chi connectivity index (χ2v) is 7.10. The molecule has 0 saturated heterocycles. The van der Waals surface area contributed by atoms with Crippen molar-refractivity contribution in [3.63, 3.8) is 0 Å². The maximum atomic E-state index is 13.6. The molecular weight excluding hydrogens is 448 g/mol. The molecule has 8 nitrogen and oxygen atoms in total. The number of hydrogen-bond donors (Lipinski definition) is 0. The predicted octanol–water partition coefficient (Wildman–Crippen LogP) is 3.68. The predicted molar refractivity (Wildman–Crippen MR) is 118 cm³/mol. The number of halogens is 2. The number of rotatable bonds is 7. The minimum atomic E-state index is -0.995. The topological polar surface area (TPSA) is 84.6 Å². The molecule has 4 aromatic rings. The number of carbonyl (C=O) groups excluding carboxylic acids is 1. The van der Waals surface area contributed by atoms with Crippen LogP contribution >= 0.6 is 0 Å². The monoisotopic (exact) mass is 467 g/mol. The molecule has 34 heavy (non-hydrogen) atoms. The molecule has 0 spiro atoms. The lowest BCUT2D eigenvalue weighted by Crippen LogP contribution is -2.24. The molecule has 2 aromatic heterocycles. The molecule has 174 valence electrons. The molecule has 0 saturated carbocycles. The molecule has 0 atom stereocenters. The summed E-state index contributed by atoms with van der Waals surface area (Å²) in [5, 5.41) is 4.10. The van der Waals surface area contributed by atoms with Crippen LogP contribution in [0, 0.1) is 11.6 Å². The van der Waals surface area contributed by atoms with Gasteiger partial charge in [-0.15, -0.1) is 0 Å². The molecule has 0 bridgehead atoms. The average molecular weight is 467 g/mol. The van der Waals surface area contributed by atoms with Gasteiger partial charge in [0.25, 0.3) is 5.43 Å². The lowest BCUT2D eigenvalue weighted by atomic mass is 10.2. The Morgan fingerprint density at radius 1 is 0.971 bits per heavy atom. The second-order valence-electron chi connectivity index (χ2n) is 7.10. The largest absolute Gasteiger partial charge is 0.491 e. The van der Waals surface area contributed by atoms with Gasteiger partial charge in [0.2, 0.25) is 5.69 Å². The van der Waals surface area contributed by atoms with E-state index in [-0.39, 0.29) is 18.1 Å². The summed E-state index contributed by atoms with van der Waals surface area (Å²) < 4.78 is 45.5. The number of esters is 1. The van der Waals surface area contributed by atoms with Gasteiger partial charge in [0.05, 0.1) is 20.4 Å². The maximum absolute atomic E-state index is 13.6. The first-order valence-corrected chi connectivity index (χ1v) is 10.0. The van der Waals surface area contributed by atoms with Crippen LogP contribution in [0.25, 0.3) is 11.4 Å². The van der Waals surface area contributed by atoms with Crippen LogP contribution < -0.4 is 14.9 Å². The summed E-state index contributed by atoms with van der Waals surface area (Å²) in [6.45, 7) is 0.173. The third-order valence-corrected chi connectivity index (χ3v) is 4.94. The number of hydrogen-bond acceptors (Lipinski definition) is 6. The van der Waals surface area contributed by atoms with E-state index in [4.69, 9.17) is 9.47 Å². The third-order valence-electron chi connectivity index (χ3n) is 4.94.